The molecule has 0 unspecified atom stereocenters. The van der Waals surface area contributed by atoms with E-state index in [9.17, 15) is 0 Å². The van der Waals surface area contributed by atoms with Gasteiger partial charge in [0.2, 0.25) is 0 Å². The van der Waals surface area contributed by atoms with E-state index in [1.54, 1.807) is 0 Å². The van der Waals surface area contributed by atoms with Crippen LogP contribution in [0.1, 0.15) is 0 Å². The van der Waals surface area contributed by atoms with Crippen molar-refractivity contribution < 1.29 is 4.42 Å². The summed E-state index contributed by atoms with van der Waals surface area (Å²) in [5, 5.41) is 12.1. The number of benzene rings is 8. The number of furan rings is 1. The molecule has 11 aromatic rings. The predicted molar refractivity (Wildman–Crippen MR) is 198 cm³/mol. The highest BCUT2D eigenvalue weighted by Crippen LogP contribution is 2.41. The van der Waals surface area contributed by atoms with Crippen LogP contribution in [0.25, 0.3) is 104 Å². The minimum absolute atomic E-state index is 0.906. The Morgan fingerprint density at radius 3 is 1.98 bits per heavy atom. The summed E-state index contributed by atoms with van der Waals surface area (Å²) in [5.74, 6) is 0. The normalized spacial score (nSPS) is 12.3. The number of para-hydroxylation sites is 1. The SMILES string of the molecule is c1ccc(-n2c3ccc(-c4ccc5[nH]c6cc7oc8c9ccccc9ccc8c7cc6c5c4)cc3c3c4ccccc4ccc32)cc1. The molecule has 0 aliphatic carbocycles. The number of hydrogen-bond donors (Lipinski definition) is 1. The van der Waals surface area contributed by atoms with Crippen LogP contribution in [0.2, 0.25) is 0 Å². The molecule has 0 spiro atoms. The summed E-state index contributed by atoms with van der Waals surface area (Å²) in [5.41, 5.74) is 10.1. The fourth-order valence-electron chi connectivity index (χ4n) is 7.90. The number of nitrogens with zero attached hydrogens (tertiary/aromatic N) is 1. The lowest BCUT2D eigenvalue weighted by molar-refractivity contribution is 0.673. The largest absolute Gasteiger partial charge is 0.455 e. The third-order valence-electron chi connectivity index (χ3n) is 10.1. The van der Waals surface area contributed by atoms with Crippen LogP contribution in [0.3, 0.4) is 0 Å². The van der Waals surface area contributed by atoms with Gasteiger partial charge in [-0.25, -0.2) is 0 Å². The number of fused-ring (bicyclic) bond motifs is 13. The lowest BCUT2D eigenvalue weighted by Crippen LogP contribution is -1.93. The topological polar surface area (TPSA) is 33.9 Å². The second-order valence-corrected chi connectivity index (χ2v) is 12.6. The fraction of sp³-hybridized carbons (Fsp3) is 0. The molecule has 0 aliphatic rings. The van der Waals surface area contributed by atoms with Gasteiger partial charge in [-0.05, 0) is 81.9 Å². The lowest BCUT2D eigenvalue weighted by atomic mass is 9.98. The highest BCUT2D eigenvalue weighted by Gasteiger charge is 2.17. The van der Waals surface area contributed by atoms with Gasteiger partial charge in [-0.2, -0.15) is 0 Å². The van der Waals surface area contributed by atoms with Crippen LogP contribution in [0, 0.1) is 0 Å². The third kappa shape index (κ3) is 3.46. The van der Waals surface area contributed by atoms with Gasteiger partial charge in [-0.3, -0.25) is 0 Å². The lowest BCUT2D eigenvalue weighted by Gasteiger charge is -2.08. The molecule has 8 aromatic carbocycles. The summed E-state index contributed by atoms with van der Waals surface area (Å²) in [6.45, 7) is 0. The van der Waals surface area contributed by atoms with Gasteiger partial charge in [0.1, 0.15) is 11.2 Å². The van der Waals surface area contributed by atoms with E-state index in [0.29, 0.717) is 0 Å². The maximum absolute atomic E-state index is 6.48. The van der Waals surface area contributed by atoms with Crippen LogP contribution < -0.4 is 0 Å². The van der Waals surface area contributed by atoms with E-state index in [-0.39, 0.29) is 0 Å². The van der Waals surface area contributed by atoms with Crippen molar-refractivity contribution in [3.05, 3.63) is 152 Å². The van der Waals surface area contributed by atoms with Crippen LogP contribution in [0.4, 0.5) is 0 Å². The first-order chi connectivity index (χ1) is 23.3. The molecule has 0 atom stereocenters. The Labute approximate surface area is 268 Å². The van der Waals surface area contributed by atoms with Gasteiger partial charge in [0.15, 0.2) is 0 Å². The Kier molecular flexibility index (Phi) is 4.84. The maximum Gasteiger partial charge on any atom is 0.143 e. The number of rotatable bonds is 2. The molecule has 0 saturated carbocycles. The summed E-state index contributed by atoms with van der Waals surface area (Å²) in [6.07, 6.45) is 0. The van der Waals surface area contributed by atoms with Gasteiger partial charge < -0.3 is 14.0 Å². The number of aromatic amines is 1. The standard InChI is InChI=1S/C44H26N2O/c1-2-10-30(11-3-1)46-40-20-17-29(23-37(40)43-31-12-6-4-8-26(31)16-21-41(43)46)28-15-19-38-34(22-28)35-24-36-33-18-14-27-9-5-7-13-32(27)44(33)47-42(36)25-39(35)45-38/h1-25,45H. The zero-order valence-electron chi connectivity index (χ0n) is 25.3. The zero-order chi connectivity index (χ0) is 30.6. The van der Waals surface area contributed by atoms with Crippen molar-refractivity contribution in [2.45, 2.75) is 0 Å². The second-order valence-electron chi connectivity index (χ2n) is 12.6. The molecule has 3 nitrogen and oxygen atoms in total. The van der Waals surface area contributed by atoms with Gasteiger partial charge in [0.25, 0.3) is 0 Å². The molecule has 11 rings (SSSR count). The smallest absolute Gasteiger partial charge is 0.143 e. The van der Waals surface area contributed by atoms with Gasteiger partial charge in [-0.1, -0.05) is 91.0 Å². The quantitative estimate of drug-likeness (QED) is 0.211. The van der Waals surface area contributed by atoms with Crippen LogP contribution in [-0.2, 0) is 0 Å². The third-order valence-corrected chi connectivity index (χ3v) is 10.1. The van der Waals surface area contributed by atoms with E-state index < -0.39 is 0 Å². The molecule has 3 heteroatoms. The Balaban J connectivity index is 1.15. The van der Waals surface area contributed by atoms with Gasteiger partial charge in [0.05, 0.1) is 16.6 Å². The van der Waals surface area contributed by atoms with E-state index in [1.807, 2.05) is 0 Å². The fourth-order valence-corrected chi connectivity index (χ4v) is 7.90. The van der Waals surface area contributed by atoms with Crippen LogP contribution in [-0.4, -0.2) is 9.55 Å². The summed E-state index contributed by atoms with van der Waals surface area (Å²) < 4.78 is 8.88. The van der Waals surface area contributed by atoms with Crippen LogP contribution in [0.15, 0.2) is 156 Å². The molecule has 0 bridgehead atoms. The highest BCUT2D eigenvalue weighted by atomic mass is 16.3. The van der Waals surface area contributed by atoms with Crippen molar-refractivity contribution in [3.63, 3.8) is 0 Å². The highest BCUT2D eigenvalue weighted by molar-refractivity contribution is 6.23. The molecule has 218 valence electrons. The van der Waals surface area contributed by atoms with E-state index in [0.717, 1.165) is 38.4 Å². The average Bonchev–Trinajstić information content (AvgIpc) is 3.79. The van der Waals surface area contributed by atoms with Crippen molar-refractivity contribution >= 4 is 87.1 Å². The van der Waals surface area contributed by atoms with Crippen molar-refractivity contribution in [1.82, 2.24) is 9.55 Å². The van der Waals surface area contributed by atoms with Gasteiger partial charge in [-0.15, -0.1) is 0 Å². The minimum Gasteiger partial charge on any atom is -0.455 e. The number of H-pyrrole nitrogens is 1. The number of nitrogens with one attached hydrogen (secondary N) is 1. The van der Waals surface area contributed by atoms with Gasteiger partial charge in [0, 0.05) is 55.0 Å². The number of hydrogen-bond acceptors (Lipinski definition) is 1. The molecule has 3 aromatic heterocycles. The van der Waals surface area contributed by atoms with Crippen molar-refractivity contribution in [2.24, 2.45) is 0 Å². The summed E-state index contributed by atoms with van der Waals surface area (Å²) >= 11 is 0. The first kappa shape index (κ1) is 24.9. The van der Waals surface area contributed by atoms with Crippen molar-refractivity contribution in [1.29, 1.82) is 0 Å². The van der Waals surface area contributed by atoms with Crippen LogP contribution in [0.5, 0.6) is 0 Å². The molecule has 3 heterocycles. The monoisotopic (exact) mass is 598 g/mol. The Bertz CT molecular complexity index is 3070. The van der Waals surface area contributed by atoms with E-state index in [4.69, 9.17) is 4.42 Å². The average molecular weight is 599 g/mol. The Morgan fingerprint density at radius 2 is 1.11 bits per heavy atom. The summed E-state index contributed by atoms with van der Waals surface area (Å²) in [4.78, 5) is 3.66. The van der Waals surface area contributed by atoms with E-state index >= 15 is 0 Å². The molecule has 47 heavy (non-hydrogen) atoms. The predicted octanol–water partition coefficient (Wildman–Crippen LogP) is 12.3. The zero-order valence-corrected chi connectivity index (χ0v) is 25.3. The van der Waals surface area contributed by atoms with Crippen LogP contribution >= 0.6 is 0 Å². The maximum atomic E-state index is 6.48. The molecule has 0 saturated heterocycles. The molecular weight excluding hydrogens is 572 g/mol. The number of aromatic nitrogens is 2. The molecule has 0 fully saturated rings. The Hall–Kier alpha value is -6.32. The summed E-state index contributed by atoms with van der Waals surface area (Å²) in [6, 6.07) is 54.9. The molecule has 0 aliphatic heterocycles. The second kappa shape index (κ2) is 9.12. The molecule has 0 radical (unpaired) electrons. The molecule has 0 amide bonds. The Morgan fingerprint density at radius 1 is 0.426 bits per heavy atom. The van der Waals surface area contributed by atoms with E-state index in [1.165, 1.54) is 65.6 Å². The van der Waals surface area contributed by atoms with Gasteiger partial charge >= 0.3 is 0 Å². The van der Waals surface area contributed by atoms with E-state index in [2.05, 4.69) is 161 Å². The minimum atomic E-state index is 0.906. The first-order valence-corrected chi connectivity index (χ1v) is 16.1. The summed E-state index contributed by atoms with van der Waals surface area (Å²) in [7, 11) is 0. The van der Waals surface area contributed by atoms with Crippen molar-refractivity contribution in [2.75, 3.05) is 0 Å². The first-order valence-electron chi connectivity index (χ1n) is 16.1. The molecule has 1 N–H and O–H groups in total. The molecular formula is C44H26N2O. The van der Waals surface area contributed by atoms with Crippen molar-refractivity contribution in [3.8, 4) is 16.8 Å².